The summed E-state index contributed by atoms with van der Waals surface area (Å²) in [5.74, 6) is -1.14. The van der Waals surface area contributed by atoms with E-state index in [2.05, 4.69) is 20.7 Å². The molecule has 8 heteroatoms. The van der Waals surface area contributed by atoms with Gasteiger partial charge in [0.15, 0.2) is 0 Å². The highest BCUT2D eigenvalue weighted by atomic mass is 79.9. The Bertz CT molecular complexity index is 702. The number of para-hydroxylation sites is 1. The van der Waals surface area contributed by atoms with Gasteiger partial charge in [0, 0.05) is 0 Å². The van der Waals surface area contributed by atoms with Crippen LogP contribution in [0.4, 0.5) is 13.2 Å². The molecule has 0 radical (unpaired) electrons. The van der Waals surface area contributed by atoms with E-state index in [0.717, 1.165) is 6.07 Å². The van der Waals surface area contributed by atoms with Gasteiger partial charge < -0.3 is 14.2 Å². The Kier molecular flexibility index (Phi) is 5.15. The molecule has 23 heavy (non-hydrogen) atoms. The van der Waals surface area contributed by atoms with Crippen LogP contribution in [0.25, 0.3) is 0 Å². The largest absolute Gasteiger partial charge is 0.573 e. The zero-order valence-electron chi connectivity index (χ0n) is 11.7. The van der Waals surface area contributed by atoms with E-state index in [1.807, 2.05) is 0 Å². The highest BCUT2D eigenvalue weighted by Gasteiger charge is 2.33. The number of methoxy groups -OCH3 is 1. The van der Waals surface area contributed by atoms with E-state index in [1.165, 1.54) is 25.3 Å². The summed E-state index contributed by atoms with van der Waals surface area (Å²) in [4.78, 5) is 12.2. The van der Waals surface area contributed by atoms with Gasteiger partial charge in [-0.2, -0.15) is 0 Å². The molecular weight excluding hydrogens is 381 g/mol. The summed E-state index contributed by atoms with van der Waals surface area (Å²) in [5, 5.41) is 0. The van der Waals surface area contributed by atoms with Gasteiger partial charge in [0.2, 0.25) is 0 Å². The molecule has 122 valence electrons. The highest BCUT2D eigenvalue weighted by Crippen LogP contribution is 2.36. The lowest BCUT2D eigenvalue weighted by Gasteiger charge is -2.14. The lowest BCUT2D eigenvalue weighted by Crippen LogP contribution is -2.18. The van der Waals surface area contributed by atoms with Crippen molar-refractivity contribution < 1.29 is 32.2 Å². The van der Waals surface area contributed by atoms with Crippen molar-refractivity contribution in [1.82, 2.24) is 0 Å². The van der Waals surface area contributed by atoms with Gasteiger partial charge in [-0.1, -0.05) is 18.2 Å². The number of carbonyl (C=O) groups is 1. The number of halogens is 4. The molecule has 0 saturated carbocycles. The molecule has 0 heterocycles. The van der Waals surface area contributed by atoms with Crippen LogP contribution >= 0.6 is 15.9 Å². The summed E-state index contributed by atoms with van der Waals surface area (Å²) in [6.07, 6.45) is -4.89. The van der Waals surface area contributed by atoms with E-state index < -0.39 is 18.1 Å². The number of alkyl halides is 3. The van der Waals surface area contributed by atoms with E-state index in [0.29, 0.717) is 0 Å². The maximum atomic E-state index is 12.4. The van der Waals surface area contributed by atoms with Crippen molar-refractivity contribution in [1.29, 1.82) is 0 Å². The van der Waals surface area contributed by atoms with Crippen LogP contribution in [-0.2, 0) is 0 Å². The molecule has 0 unspecified atom stereocenters. The van der Waals surface area contributed by atoms with Gasteiger partial charge in [-0.05, 0) is 40.2 Å². The Labute approximate surface area is 137 Å². The normalized spacial score (nSPS) is 11.0. The average Bonchev–Trinajstić information content (AvgIpc) is 2.48. The Morgan fingerprint density at radius 3 is 2.30 bits per heavy atom. The first kappa shape index (κ1) is 17.1. The first-order valence-corrected chi connectivity index (χ1v) is 7.00. The minimum Gasteiger partial charge on any atom is -0.496 e. The van der Waals surface area contributed by atoms with Crippen molar-refractivity contribution in [3.63, 3.8) is 0 Å². The summed E-state index contributed by atoms with van der Waals surface area (Å²) in [7, 11) is 1.28. The van der Waals surface area contributed by atoms with E-state index in [9.17, 15) is 18.0 Å². The smallest absolute Gasteiger partial charge is 0.496 e. The van der Waals surface area contributed by atoms with Gasteiger partial charge in [0.1, 0.15) is 22.8 Å². The third kappa shape index (κ3) is 4.62. The zero-order valence-corrected chi connectivity index (χ0v) is 13.3. The molecule has 2 aromatic carbocycles. The van der Waals surface area contributed by atoms with Crippen molar-refractivity contribution in [3.8, 4) is 17.2 Å². The number of ether oxygens (including phenoxy) is 3. The fourth-order valence-corrected chi connectivity index (χ4v) is 2.12. The molecule has 0 aliphatic rings. The van der Waals surface area contributed by atoms with Crippen LogP contribution in [0.2, 0.25) is 0 Å². The summed E-state index contributed by atoms with van der Waals surface area (Å²) in [5.41, 5.74) is -0.196. The molecule has 0 aromatic heterocycles. The highest BCUT2D eigenvalue weighted by molar-refractivity contribution is 9.10. The van der Waals surface area contributed by atoms with E-state index in [4.69, 9.17) is 9.47 Å². The summed E-state index contributed by atoms with van der Waals surface area (Å²) < 4.78 is 51.1. The average molecular weight is 391 g/mol. The van der Waals surface area contributed by atoms with Crippen LogP contribution in [-0.4, -0.2) is 19.4 Å². The second-order valence-electron chi connectivity index (χ2n) is 4.23. The van der Waals surface area contributed by atoms with Crippen LogP contribution in [0.5, 0.6) is 17.2 Å². The molecule has 0 saturated heterocycles. The first-order chi connectivity index (χ1) is 10.8. The summed E-state index contributed by atoms with van der Waals surface area (Å²) in [6.45, 7) is 0. The standard InChI is InChI=1S/C15H10BrF3O4/c1-21-12-8-11(16)13(23-15(17,18)19)7-10(12)14(20)22-9-5-3-2-4-6-9/h2-8H,1H3. The first-order valence-electron chi connectivity index (χ1n) is 6.20. The van der Waals surface area contributed by atoms with E-state index >= 15 is 0 Å². The Hall–Kier alpha value is -2.22. The minimum absolute atomic E-state index is 0.0112. The van der Waals surface area contributed by atoms with Crippen LogP contribution in [0, 0.1) is 0 Å². The van der Waals surface area contributed by atoms with Crippen LogP contribution < -0.4 is 14.2 Å². The molecule has 0 fully saturated rings. The van der Waals surface area contributed by atoms with Gasteiger partial charge in [-0.3, -0.25) is 0 Å². The molecule has 0 atom stereocenters. The van der Waals surface area contributed by atoms with Gasteiger partial charge in [-0.15, -0.1) is 13.2 Å². The Morgan fingerprint density at radius 2 is 1.74 bits per heavy atom. The van der Waals surface area contributed by atoms with Crippen molar-refractivity contribution in [2.24, 2.45) is 0 Å². The predicted molar refractivity (Wildman–Crippen MR) is 78.8 cm³/mol. The van der Waals surface area contributed by atoms with Crippen molar-refractivity contribution in [2.45, 2.75) is 6.36 Å². The number of carbonyl (C=O) groups excluding carboxylic acids is 1. The number of rotatable bonds is 4. The van der Waals surface area contributed by atoms with E-state index in [-0.39, 0.29) is 21.5 Å². The van der Waals surface area contributed by atoms with Crippen molar-refractivity contribution >= 4 is 21.9 Å². The van der Waals surface area contributed by atoms with Crippen LogP contribution in [0.1, 0.15) is 10.4 Å². The van der Waals surface area contributed by atoms with Crippen molar-refractivity contribution in [3.05, 3.63) is 52.5 Å². The van der Waals surface area contributed by atoms with Gasteiger partial charge in [-0.25, -0.2) is 4.79 Å². The number of benzene rings is 2. The molecule has 0 aliphatic heterocycles. The van der Waals surface area contributed by atoms with Gasteiger partial charge in [0.25, 0.3) is 0 Å². The van der Waals surface area contributed by atoms with Crippen LogP contribution in [0.3, 0.4) is 0 Å². The fourth-order valence-electron chi connectivity index (χ4n) is 1.72. The Morgan fingerprint density at radius 1 is 1.09 bits per heavy atom. The zero-order chi connectivity index (χ0) is 17.0. The van der Waals surface area contributed by atoms with Crippen LogP contribution in [0.15, 0.2) is 46.9 Å². The molecule has 0 spiro atoms. The molecule has 4 nitrogen and oxygen atoms in total. The molecule has 2 rings (SSSR count). The van der Waals surface area contributed by atoms with E-state index in [1.54, 1.807) is 18.2 Å². The lowest BCUT2D eigenvalue weighted by molar-refractivity contribution is -0.274. The monoisotopic (exact) mass is 390 g/mol. The summed E-state index contributed by atoms with van der Waals surface area (Å²) in [6, 6.07) is 10.2. The molecule has 0 N–H and O–H groups in total. The predicted octanol–water partition coefficient (Wildman–Crippen LogP) is 4.58. The maximum Gasteiger partial charge on any atom is 0.573 e. The molecular formula is C15H10BrF3O4. The molecule has 2 aromatic rings. The molecule has 0 aliphatic carbocycles. The third-order valence-corrected chi connectivity index (χ3v) is 3.27. The minimum atomic E-state index is -4.89. The maximum absolute atomic E-state index is 12.4. The second-order valence-corrected chi connectivity index (χ2v) is 5.09. The fraction of sp³-hybridized carbons (Fsp3) is 0.133. The van der Waals surface area contributed by atoms with Gasteiger partial charge >= 0.3 is 12.3 Å². The third-order valence-electron chi connectivity index (χ3n) is 2.65. The number of hydrogen-bond donors (Lipinski definition) is 0. The second kappa shape index (κ2) is 6.91. The van der Waals surface area contributed by atoms with Gasteiger partial charge in [0.05, 0.1) is 11.6 Å². The molecule has 0 amide bonds. The summed E-state index contributed by atoms with van der Waals surface area (Å²) >= 11 is 2.93. The molecule has 0 bridgehead atoms. The Balaban J connectivity index is 2.35. The number of hydrogen-bond acceptors (Lipinski definition) is 4. The van der Waals surface area contributed by atoms with Crippen molar-refractivity contribution in [2.75, 3.05) is 7.11 Å². The SMILES string of the molecule is COc1cc(Br)c(OC(F)(F)F)cc1C(=O)Oc1ccccc1. The topological polar surface area (TPSA) is 44.8 Å². The quantitative estimate of drug-likeness (QED) is 0.566. The number of esters is 1. The lowest BCUT2D eigenvalue weighted by atomic mass is 10.2.